The van der Waals surface area contributed by atoms with Crippen LogP contribution in [0, 0.1) is 6.92 Å². The predicted octanol–water partition coefficient (Wildman–Crippen LogP) is 13.0. The van der Waals surface area contributed by atoms with Gasteiger partial charge in [0.25, 0.3) is 47.3 Å². The maximum atomic E-state index is 14.2. The topological polar surface area (TPSA) is 177 Å². The Balaban J connectivity index is 0.599. The first-order valence-electron chi connectivity index (χ1n) is 30.6. The molecule has 94 heavy (non-hydrogen) atoms. The van der Waals surface area contributed by atoms with Gasteiger partial charge in [0.05, 0.1) is 61.6 Å². The van der Waals surface area contributed by atoms with E-state index < -0.39 is 51.6 Å². The van der Waals surface area contributed by atoms with Crippen molar-refractivity contribution in [1.82, 2.24) is 4.90 Å². The highest BCUT2D eigenvalue weighted by molar-refractivity contribution is 7.01. The average molecular weight is 1270 g/mol. The highest BCUT2D eigenvalue weighted by Crippen LogP contribution is 2.38. The van der Waals surface area contributed by atoms with Crippen LogP contribution >= 0.6 is 0 Å². The second-order valence-corrected chi connectivity index (χ2v) is 34.4. The summed E-state index contributed by atoms with van der Waals surface area (Å²) in [4.78, 5) is 114. The third kappa shape index (κ3) is 10.1. The van der Waals surface area contributed by atoms with Gasteiger partial charge in [-0.05, 0) is 176 Å². The van der Waals surface area contributed by atoms with Gasteiger partial charge in [0, 0.05) is 12.5 Å². The first-order chi connectivity index (χ1) is 45.0. The monoisotopic (exact) mass is 1270 g/mol. The first-order valence-corrected chi connectivity index (χ1v) is 36.6. The molecule has 4 aliphatic heterocycles. The molecule has 0 saturated heterocycles. The molecule has 10 aromatic carbocycles. The van der Waals surface area contributed by atoms with Crippen molar-refractivity contribution in [3.63, 3.8) is 0 Å². The molecule has 15 nitrogen and oxygen atoms in total. The minimum absolute atomic E-state index is 0.254. The summed E-state index contributed by atoms with van der Waals surface area (Å²) in [5, 5.41) is 3.49. The minimum Gasteiger partial charge on any atom is -0.457 e. The molecule has 14 rings (SSSR count). The molecular formula is C77H60N4O11Si2. The van der Waals surface area contributed by atoms with Crippen molar-refractivity contribution in [2.45, 2.75) is 52.4 Å². The van der Waals surface area contributed by atoms with Gasteiger partial charge in [-0.15, -0.1) is 0 Å². The number of fused-ring (bicyclic) bond motifs is 4. The molecule has 0 bridgehead atoms. The fourth-order valence-corrected chi connectivity index (χ4v) is 17.4. The van der Waals surface area contributed by atoms with Crippen LogP contribution < -0.4 is 49.7 Å². The molecule has 0 atom stereocenters. The van der Waals surface area contributed by atoms with Crippen LogP contribution in [-0.2, 0) is 5.41 Å². The number of anilines is 3. The molecule has 0 aliphatic carbocycles. The van der Waals surface area contributed by atoms with Crippen LogP contribution in [0.5, 0.6) is 34.5 Å². The molecule has 0 radical (unpaired) electrons. The molecule has 0 spiro atoms. The average Bonchev–Trinajstić information content (AvgIpc) is 1.58. The van der Waals surface area contributed by atoms with Crippen LogP contribution in [0.15, 0.2) is 218 Å². The van der Waals surface area contributed by atoms with E-state index in [4.69, 9.17) is 14.2 Å². The lowest BCUT2D eigenvalue weighted by molar-refractivity contribution is 0.0690. The van der Waals surface area contributed by atoms with Crippen molar-refractivity contribution in [2.75, 3.05) is 21.7 Å². The van der Waals surface area contributed by atoms with Crippen LogP contribution in [0.1, 0.15) is 113 Å². The molecule has 4 heterocycles. The molecular weight excluding hydrogens is 1210 g/mol. The molecule has 0 fully saturated rings. The number of hydrogen-bond donors (Lipinski definition) is 0. The number of carbonyl (C=O) groups is 8. The van der Waals surface area contributed by atoms with Gasteiger partial charge >= 0.3 is 0 Å². The van der Waals surface area contributed by atoms with Gasteiger partial charge in [-0.3, -0.25) is 43.3 Å². The number of nitrogens with zero attached hydrogens (tertiary/aromatic N) is 4. The normalized spacial score (nSPS) is 14.5. The SMILES string of the molecule is Cc1ccc(Oc2ccc(C(C)(C)c3ccc(Oc4ccc(N5C(=O)c6ccc([Si](C)(C)c7ccc8c(c7)C(=O)N(c7ccc(Oc9ccc(N%10C(=O)c%11ccc([Si](C)(C)c%12ccc%13c(c%12)C(=O)N(C)C%13=O)cc%11C%10=O)cc9)cc7)C8=O)cc6C5=O)cc4)cc3)cc2)cc1. The van der Waals surface area contributed by atoms with Gasteiger partial charge in [0.1, 0.15) is 50.6 Å². The van der Waals surface area contributed by atoms with Gasteiger partial charge in [0.15, 0.2) is 0 Å². The lowest BCUT2D eigenvalue weighted by atomic mass is 9.78. The third-order valence-electron chi connectivity index (χ3n) is 18.8. The van der Waals surface area contributed by atoms with E-state index in [2.05, 4.69) is 52.2 Å². The summed E-state index contributed by atoms with van der Waals surface area (Å²) in [5.74, 6) is 0.0156. The first kappa shape index (κ1) is 60.2. The largest absolute Gasteiger partial charge is 0.457 e. The van der Waals surface area contributed by atoms with Crippen molar-refractivity contribution in [1.29, 1.82) is 0 Å². The minimum atomic E-state index is -2.70. The van der Waals surface area contributed by atoms with Gasteiger partial charge in [0.2, 0.25) is 0 Å². The number of imide groups is 4. The van der Waals surface area contributed by atoms with Crippen LogP contribution in [0.3, 0.4) is 0 Å². The smallest absolute Gasteiger partial charge is 0.266 e. The number of aryl methyl sites for hydroxylation is 1. The number of hydrogen-bond acceptors (Lipinski definition) is 11. The molecule has 462 valence electrons. The summed E-state index contributed by atoms with van der Waals surface area (Å²) < 4.78 is 18.4. The van der Waals surface area contributed by atoms with Crippen molar-refractivity contribution in [3.05, 3.63) is 280 Å². The molecule has 0 saturated carbocycles. The molecule has 10 aromatic rings. The Kier molecular flexibility index (Phi) is 14.4. The molecule has 4 aliphatic rings. The van der Waals surface area contributed by atoms with Crippen molar-refractivity contribution >= 4 is 101 Å². The quantitative estimate of drug-likeness (QED) is 0.0705. The Hall–Kier alpha value is -11.4. The number of carbonyl (C=O) groups excluding carboxylic acids is 8. The van der Waals surface area contributed by atoms with Crippen LogP contribution in [0.4, 0.5) is 17.1 Å². The zero-order valence-corrected chi connectivity index (χ0v) is 54.6. The Morgan fingerprint density at radius 3 is 0.798 bits per heavy atom. The Morgan fingerprint density at radius 2 is 0.511 bits per heavy atom. The van der Waals surface area contributed by atoms with Crippen LogP contribution in [-0.4, -0.2) is 75.4 Å². The van der Waals surface area contributed by atoms with E-state index in [9.17, 15) is 38.4 Å². The summed E-state index contributed by atoms with van der Waals surface area (Å²) in [6.07, 6.45) is 0. The Morgan fingerprint density at radius 1 is 0.287 bits per heavy atom. The zero-order valence-electron chi connectivity index (χ0n) is 52.6. The Bertz CT molecular complexity index is 4910. The molecule has 8 amide bonds. The van der Waals surface area contributed by atoms with E-state index in [1.54, 1.807) is 121 Å². The maximum Gasteiger partial charge on any atom is 0.266 e. The maximum absolute atomic E-state index is 14.2. The van der Waals surface area contributed by atoms with E-state index in [0.717, 1.165) is 58.1 Å². The summed E-state index contributed by atoms with van der Waals surface area (Å²) in [5.41, 5.74) is 6.51. The lowest BCUT2D eigenvalue weighted by Gasteiger charge is -2.26. The van der Waals surface area contributed by atoms with E-state index in [1.807, 2.05) is 91.9 Å². The van der Waals surface area contributed by atoms with E-state index in [1.165, 1.54) is 17.5 Å². The van der Waals surface area contributed by atoms with Gasteiger partial charge in [-0.25, -0.2) is 14.7 Å². The lowest BCUT2D eigenvalue weighted by Crippen LogP contribution is -2.53. The van der Waals surface area contributed by atoms with Crippen LogP contribution in [0.25, 0.3) is 0 Å². The molecule has 0 unspecified atom stereocenters. The van der Waals surface area contributed by atoms with E-state index in [0.29, 0.717) is 51.2 Å². The van der Waals surface area contributed by atoms with Crippen molar-refractivity contribution in [2.24, 2.45) is 0 Å². The summed E-state index contributed by atoms with van der Waals surface area (Å²) in [7, 11) is -3.77. The van der Waals surface area contributed by atoms with Gasteiger partial charge in [-0.1, -0.05) is 127 Å². The highest BCUT2D eigenvalue weighted by Gasteiger charge is 2.43. The zero-order chi connectivity index (χ0) is 65.9. The summed E-state index contributed by atoms with van der Waals surface area (Å²) in [6.45, 7) is 14.7. The Labute approximate surface area is 544 Å². The number of amides is 8. The standard InChI is InChI=1S/C77H60N4O11Si2/c1-45-9-21-51(22-10-45)90-52-23-11-46(12-24-52)77(2,3)47-13-25-53(26-14-47)91-54-27-15-48(16-28-54)79-72(85)63-39-35-59(43-67(63)75(79)88)94(7,8)60-36-40-64-68(44-60)76(89)81(73(64)86)50-19-31-56(32-20-50)92-55-29-17-49(18-30-55)80-71(84)62-38-34-58(42-66(62)74(80)87)93(5,6)57-33-37-61-65(41-57)70(83)78(4)69(61)82/h9-44H,1-8H3. The van der Waals surface area contributed by atoms with Gasteiger partial charge < -0.3 is 14.2 Å². The molecule has 0 N–H and O–H groups in total. The van der Waals surface area contributed by atoms with Crippen molar-refractivity contribution < 1.29 is 52.6 Å². The second kappa shape index (κ2) is 22.5. The number of benzene rings is 10. The number of rotatable bonds is 15. The highest BCUT2D eigenvalue weighted by atomic mass is 28.3. The van der Waals surface area contributed by atoms with E-state index >= 15 is 0 Å². The second-order valence-electron chi connectivity index (χ2n) is 25.6. The molecule has 0 aromatic heterocycles. The predicted molar refractivity (Wildman–Crippen MR) is 365 cm³/mol. The molecule has 17 heteroatoms. The van der Waals surface area contributed by atoms with Crippen molar-refractivity contribution in [3.8, 4) is 34.5 Å². The fraction of sp³-hybridized carbons (Fsp3) is 0.117. The van der Waals surface area contributed by atoms with Gasteiger partial charge in [-0.2, -0.15) is 0 Å². The third-order valence-corrected chi connectivity index (χ3v) is 25.8. The summed E-state index contributed by atoms with van der Waals surface area (Å²) >= 11 is 0. The van der Waals surface area contributed by atoms with Crippen LogP contribution in [0.2, 0.25) is 26.2 Å². The fourth-order valence-electron chi connectivity index (χ4n) is 12.7. The van der Waals surface area contributed by atoms with E-state index in [-0.39, 0.29) is 50.6 Å². The number of ether oxygens (including phenoxy) is 3. The summed E-state index contributed by atoms with van der Waals surface area (Å²) in [6, 6.07) is 65.1.